The van der Waals surface area contributed by atoms with Crippen molar-refractivity contribution in [2.45, 2.75) is 25.9 Å². The normalized spacial score (nSPS) is 11.6. The smallest absolute Gasteiger partial charge is 0.323 e. The fourth-order valence-electron chi connectivity index (χ4n) is 1.54. The van der Waals surface area contributed by atoms with Gasteiger partial charge in [0.2, 0.25) is 0 Å². The third-order valence-electron chi connectivity index (χ3n) is 2.72. The first-order valence-electron chi connectivity index (χ1n) is 5.48. The van der Waals surface area contributed by atoms with Crippen molar-refractivity contribution in [3.8, 4) is 6.07 Å². The van der Waals surface area contributed by atoms with Gasteiger partial charge in [-0.05, 0) is 19.1 Å². The van der Waals surface area contributed by atoms with Crippen LogP contribution in [0.15, 0.2) is 18.3 Å². The molecular formula is C12H15N3O3. The Hall–Kier alpha value is -2.29. The Morgan fingerprint density at radius 1 is 1.61 bits per heavy atom. The van der Waals surface area contributed by atoms with Crippen LogP contribution >= 0.6 is 0 Å². The maximum absolute atomic E-state index is 12.1. The van der Waals surface area contributed by atoms with Crippen LogP contribution < -0.4 is 0 Å². The molecule has 0 aliphatic rings. The van der Waals surface area contributed by atoms with E-state index in [9.17, 15) is 9.59 Å². The van der Waals surface area contributed by atoms with Gasteiger partial charge in [0.1, 0.15) is 12.2 Å². The molecule has 1 N–H and O–H groups in total. The number of carboxylic acid groups (broad SMARTS) is 1. The maximum Gasteiger partial charge on any atom is 0.323 e. The van der Waals surface area contributed by atoms with Gasteiger partial charge in [-0.15, -0.1) is 0 Å². The van der Waals surface area contributed by atoms with Crippen LogP contribution in [-0.2, 0) is 11.3 Å². The highest BCUT2D eigenvalue weighted by Gasteiger charge is 2.20. The molecule has 0 aliphatic heterocycles. The van der Waals surface area contributed by atoms with Gasteiger partial charge in [0.15, 0.2) is 0 Å². The Kier molecular flexibility index (Phi) is 4.49. The topological polar surface area (TPSA) is 86.3 Å². The molecule has 18 heavy (non-hydrogen) atoms. The van der Waals surface area contributed by atoms with Crippen molar-refractivity contribution in [1.29, 1.82) is 5.26 Å². The minimum absolute atomic E-state index is 0.212. The Morgan fingerprint density at radius 3 is 2.83 bits per heavy atom. The number of rotatable bonds is 5. The summed E-state index contributed by atoms with van der Waals surface area (Å²) in [6.45, 7) is 1.51. The number of nitriles is 1. The van der Waals surface area contributed by atoms with Crippen LogP contribution in [-0.4, -0.2) is 39.5 Å². The van der Waals surface area contributed by atoms with Crippen molar-refractivity contribution in [1.82, 2.24) is 9.47 Å². The molecule has 1 atom stereocenters. The van der Waals surface area contributed by atoms with Crippen LogP contribution in [0, 0.1) is 11.3 Å². The highest BCUT2D eigenvalue weighted by Crippen LogP contribution is 2.10. The molecule has 0 radical (unpaired) electrons. The highest BCUT2D eigenvalue weighted by molar-refractivity contribution is 5.93. The van der Waals surface area contributed by atoms with Crippen LogP contribution in [0.3, 0.4) is 0 Å². The summed E-state index contributed by atoms with van der Waals surface area (Å²) in [5, 5.41) is 17.3. The van der Waals surface area contributed by atoms with Crippen molar-refractivity contribution in [3.05, 3.63) is 24.0 Å². The van der Waals surface area contributed by atoms with Crippen LogP contribution in [0.5, 0.6) is 0 Å². The molecule has 0 aromatic carbocycles. The molecule has 0 bridgehead atoms. The molecule has 1 heterocycles. The molecule has 1 aromatic heterocycles. The summed E-state index contributed by atoms with van der Waals surface area (Å²) >= 11 is 0. The number of hydrogen-bond donors (Lipinski definition) is 1. The van der Waals surface area contributed by atoms with Gasteiger partial charge in [0, 0.05) is 19.3 Å². The zero-order chi connectivity index (χ0) is 13.7. The second-order valence-corrected chi connectivity index (χ2v) is 4.04. The summed E-state index contributed by atoms with van der Waals surface area (Å²) in [5.41, 5.74) is 0.310. The zero-order valence-corrected chi connectivity index (χ0v) is 10.3. The second kappa shape index (κ2) is 5.87. The van der Waals surface area contributed by atoms with Crippen molar-refractivity contribution in [2.24, 2.45) is 0 Å². The fourth-order valence-corrected chi connectivity index (χ4v) is 1.54. The lowest BCUT2D eigenvalue weighted by Gasteiger charge is -2.23. The first kappa shape index (κ1) is 13.8. The average molecular weight is 249 g/mol. The van der Waals surface area contributed by atoms with Gasteiger partial charge < -0.3 is 14.6 Å². The van der Waals surface area contributed by atoms with E-state index < -0.39 is 5.97 Å². The number of hydrogen-bond acceptors (Lipinski definition) is 3. The van der Waals surface area contributed by atoms with E-state index in [1.165, 1.54) is 9.47 Å². The van der Waals surface area contributed by atoms with Gasteiger partial charge in [-0.25, -0.2) is 0 Å². The van der Waals surface area contributed by atoms with Gasteiger partial charge >= 0.3 is 5.97 Å². The number of carbonyl (C=O) groups is 2. The predicted molar refractivity (Wildman–Crippen MR) is 63.9 cm³/mol. The molecular weight excluding hydrogens is 234 g/mol. The summed E-state index contributed by atoms with van der Waals surface area (Å²) < 4.78 is 1.38. The standard InChI is InChI=1S/C12H15N3O3/c1-9(5-6-13)14(2)12(18)10-4-3-7-15(10)8-11(16)17/h3-4,7,9H,5,8H2,1-2H3,(H,16,17). The van der Waals surface area contributed by atoms with E-state index >= 15 is 0 Å². The second-order valence-electron chi connectivity index (χ2n) is 4.04. The molecule has 0 aliphatic carbocycles. The lowest BCUT2D eigenvalue weighted by atomic mass is 10.2. The summed E-state index contributed by atoms with van der Waals surface area (Å²) in [7, 11) is 1.60. The highest BCUT2D eigenvalue weighted by atomic mass is 16.4. The molecule has 6 nitrogen and oxygen atoms in total. The SMILES string of the molecule is CC(CC#N)N(C)C(=O)c1cccn1CC(=O)O. The van der Waals surface area contributed by atoms with Crippen molar-refractivity contribution in [2.75, 3.05) is 7.05 Å². The lowest BCUT2D eigenvalue weighted by molar-refractivity contribution is -0.137. The Labute approximate surface area is 105 Å². The summed E-state index contributed by atoms with van der Waals surface area (Å²) in [4.78, 5) is 24.2. The van der Waals surface area contributed by atoms with Gasteiger partial charge in [-0.2, -0.15) is 5.26 Å². The number of carboxylic acids is 1. The molecule has 6 heteroatoms. The van der Waals surface area contributed by atoms with Gasteiger partial charge in [0.05, 0.1) is 12.5 Å². The number of nitrogens with zero attached hydrogens (tertiary/aromatic N) is 3. The summed E-state index contributed by atoms with van der Waals surface area (Å²) in [6, 6.07) is 4.98. The molecule has 96 valence electrons. The zero-order valence-electron chi connectivity index (χ0n) is 10.3. The van der Waals surface area contributed by atoms with Crippen molar-refractivity contribution < 1.29 is 14.7 Å². The predicted octanol–water partition coefficient (Wildman–Crippen LogP) is 0.947. The Bertz CT molecular complexity index is 487. The van der Waals surface area contributed by atoms with Gasteiger partial charge in [-0.3, -0.25) is 9.59 Å². The van der Waals surface area contributed by atoms with Gasteiger partial charge in [0.25, 0.3) is 5.91 Å². The summed E-state index contributed by atoms with van der Waals surface area (Å²) in [5.74, 6) is -1.29. The monoisotopic (exact) mass is 249 g/mol. The van der Waals surface area contributed by atoms with Crippen LogP contribution in [0.25, 0.3) is 0 Å². The minimum Gasteiger partial charge on any atom is -0.480 e. The molecule has 0 spiro atoms. The molecule has 1 unspecified atom stereocenters. The van der Waals surface area contributed by atoms with Crippen molar-refractivity contribution >= 4 is 11.9 Å². The fraction of sp³-hybridized carbons (Fsp3) is 0.417. The lowest BCUT2D eigenvalue weighted by Crippen LogP contribution is -2.36. The van der Waals surface area contributed by atoms with Crippen LogP contribution in [0.2, 0.25) is 0 Å². The number of amides is 1. The molecule has 0 fully saturated rings. The van der Waals surface area contributed by atoms with E-state index in [1.54, 1.807) is 32.3 Å². The van der Waals surface area contributed by atoms with E-state index in [4.69, 9.17) is 10.4 Å². The first-order valence-corrected chi connectivity index (χ1v) is 5.48. The molecule has 1 amide bonds. The quantitative estimate of drug-likeness (QED) is 0.841. The van der Waals surface area contributed by atoms with Crippen molar-refractivity contribution in [3.63, 3.8) is 0 Å². The number of carbonyl (C=O) groups excluding carboxylic acids is 1. The Morgan fingerprint density at radius 2 is 2.28 bits per heavy atom. The van der Waals surface area contributed by atoms with E-state index in [2.05, 4.69) is 0 Å². The van der Waals surface area contributed by atoms with Crippen LogP contribution in [0.4, 0.5) is 0 Å². The third kappa shape index (κ3) is 3.10. The van der Waals surface area contributed by atoms with E-state index in [1.807, 2.05) is 6.07 Å². The number of aliphatic carboxylic acids is 1. The third-order valence-corrected chi connectivity index (χ3v) is 2.72. The van der Waals surface area contributed by atoms with E-state index in [0.717, 1.165) is 0 Å². The number of aromatic nitrogens is 1. The van der Waals surface area contributed by atoms with E-state index in [-0.39, 0.29) is 24.9 Å². The molecule has 1 aromatic rings. The minimum atomic E-state index is -1.01. The molecule has 1 rings (SSSR count). The maximum atomic E-state index is 12.1. The van der Waals surface area contributed by atoms with Gasteiger partial charge in [-0.1, -0.05) is 0 Å². The first-order chi connectivity index (χ1) is 8.47. The molecule has 0 saturated carbocycles. The molecule has 0 saturated heterocycles. The largest absolute Gasteiger partial charge is 0.480 e. The van der Waals surface area contributed by atoms with E-state index in [0.29, 0.717) is 5.69 Å². The summed E-state index contributed by atoms with van der Waals surface area (Å²) in [6.07, 6.45) is 1.78. The van der Waals surface area contributed by atoms with Crippen LogP contribution in [0.1, 0.15) is 23.8 Å². The Balaban J connectivity index is 2.87. The average Bonchev–Trinajstić information content (AvgIpc) is 2.74.